The highest BCUT2D eigenvalue weighted by Gasteiger charge is 2.70. The Labute approximate surface area is 264 Å². The largest absolute Gasteiger partial charge is 0.508 e. The number of phenols is 1. The van der Waals surface area contributed by atoms with Crippen LogP contribution >= 0.6 is 11.6 Å². The van der Waals surface area contributed by atoms with Crippen molar-refractivity contribution in [1.29, 1.82) is 0 Å². The number of hydrazine groups is 1. The van der Waals surface area contributed by atoms with Crippen LogP contribution in [0, 0.1) is 29.5 Å². The number of phenolic OH excluding ortho intramolecular Hbond substituents is 1. The standard InChI is InChI=1S/C35H31ClFN3O5/c1-2-17-39-31(42)25-16-15-23-26(29(25)33(39)44)18-27-32(43)40(38-22-13-11-21(37)12-14-22)34(45)35(27,19-7-9-20(36)10-8-19)30(23)24-5-3-4-6-28(24)41/h3-15,25-27,29-30,38,41H,2,16-18H2,1H3/t25-,26+,27-,29-,30+,35+/m0/s1. The Balaban J connectivity index is 1.45. The fraction of sp³-hybridized carbons (Fsp3) is 0.314. The first-order valence-electron chi connectivity index (χ1n) is 15.2. The Kier molecular flexibility index (Phi) is 7.04. The molecule has 2 aliphatic heterocycles. The van der Waals surface area contributed by atoms with Gasteiger partial charge in [-0.2, -0.15) is 5.01 Å². The van der Waals surface area contributed by atoms with Crippen molar-refractivity contribution < 1.29 is 28.7 Å². The number of rotatable bonds is 6. The van der Waals surface area contributed by atoms with Crippen molar-refractivity contribution in [1.82, 2.24) is 9.91 Å². The zero-order valence-electron chi connectivity index (χ0n) is 24.5. The lowest BCUT2D eigenvalue weighted by molar-refractivity contribution is -0.141. The number of fused-ring (bicyclic) bond motifs is 4. The van der Waals surface area contributed by atoms with E-state index in [2.05, 4.69) is 5.43 Å². The van der Waals surface area contributed by atoms with Crippen LogP contribution in [0.2, 0.25) is 5.02 Å². The molecule has 3 aromatic rings. The van der Waals surface area contributed by atoms with E-state index < -0.39 is 52.6 Å². The lowest BCUT2D eigenvalue weighted by atomic mass is 9.49. The van der Waals surface area contributed by atoms with Crippen LogP contribution in [0.25, 0.3) is 0 Å². The molecular formula is C35H31ClFN3O5. The average Bonchev–Trinajstić information content (AvgIpc) is 3.40. The smallest absolute Gasteiger partial charge is 0.260 e. The zero-order valence-corrected chi connectivity index (χ0v) is 25.2. The summed E-state index contributed by atoms with van der Waals surface area (Å²) in [6, 6.07) is 18.8. The number of carbonyl (C=O) groups is 4. The molecule has 3 fully saturated rings. The summed E-state index contributed by atoms with van der Waals surface area (Å²) in [5.41, 5.74) is 3.46. The highest BCUT2D eigenvalue weighted by Crippen LogP contribution is 2.64. The lowest BCUT2D eigenvalue weighted by Crippen LogP contribution is -2.53. The predicted molar refractivity (Wildman–Crippen MR) is 164 cm³/mol. The summed E-state index contributed by atoms with van der Waals surface area (Å²) in [4.78, 5) is 58.1. The van der Waals surface area contributed by atoms with Crippen molar-refractivity contribution in [2.75, 3.05) is 12.0 Å². The summed E-state index contributed by atoms with van der Waals surface area (Å²) in [6.45, 7) is 2.23. The second-order valence-corrected chi connectivity index (χ2v) is 12.7. The minimum Gasteiger partial charge on any atom is -0.508 e. The number of hydrogen-bond acceptors (Lipinski definition) is 6. The van der Waals surface area contributed by atoms with Crippen molar-refractivity contribution in [3.05, 3.63) is 106 Å². The molecule has 10 heteroatoms. The molecule has 230 valence electrons. The van der Waals surface area contributed by atoms with E-state index in [0.29, 0.717) is 41.2 Å². The number of nitrogens with zero attached hydrogens (tertiary/aromatic N) is 2. The summed E-state index contributed by atoms with van der Waals surface area (Å²) in [5.74, 6) is -5.58. The van der Waals surface area contributed by atoms with E-state index in [-0.39, 0.29) is 24.0 Å². The van der Waals surface area contributed by atoms with Crippen molar-refractivity contribution in [2.45, 2.75) is 37.5 Å². The molecule has 0 radical (unpaired) electrons. The third kappa shape index (κ3) is 4.24. The molecule has 7 rings (SSSR count). The average molecular weight is 628 g/mol. The number of likely N-dealkylation sites (tertiary alicyclic amines) is 1. The summed E-state index contributed by atoms with van der Waals surface area (Å²) in [6.07, 6.45) is 3.03. The number of imide groups is 2. The number of allylic oxidation sites excluding steroid dienone is 2. The van der Waals surface area contributed by atoms with E-state index in [1.54, 1.807) is 48.5 Å². The molecule has 1 saturated carbocycles. The van der Waals surface area contributed by atoms with E-state index in [0.717, 1.165) is 10.6 Å². The molecule has 0 unspecified atom stereocenters. The van der Waals surface area contributed by atoms with Crippen LogP contribution in [0.1, 0.15) is 43.2 Å². The van der Waals surface area contributed by atoms with Gasteiger partial charge >= 0.3 is 0 Å². The van der Waals surface area contributed by atoms with Crippen LogP contribution in [-0.4, -0.2) is 45.2 Å². The molecule has 3 aromatic carbocycles. The number of para-hydroxylation sites is 1. The van der Waals surface area contributed by atoms with Gasteiger partial charge in [0.2, 0.25) is 11.8 Å². The first kappa shape index (κ1) is 29.2. The van der Waals surface area contributed by atoms with Gasteiger partial charge in [-0.25, -0.2) is 4.39 Å². The lowest BCUT2D eigenvalue weighted by Gasteiger charge is -2.50. The number of hydrogen-bond donors (Lipinski definition) is 2. The Morgan fingerprint density at radius 2 is 1.64 bits per heavy atom. The molecule has 6 atom stereocenters. The van der Waals surface area contributed by atoms with Gasteiger partial charge in [-0.3, -0.25) is 29.5 Å². The van der Waals surface area contributed by atoms with Crippen LogP contribution in [-0.2, 0) is 24.6 Å². The molecule has 0 bridgehead atoms. The van der Waals surface area contributed by atoms with Gasteiger partial charge in [-0.15, -0.1) is 0 Å². The molecule has 4 aliphatic rings. The highest BCUT2D eigenvalue weighted by atomic mass is 35.5. The first-order valence-corrected chi connectivity index (χ1v) is 15.6. The molecule has 2 heterocycles. The quantitative estimate of drug-likeness (QED) is 0.273. The number of anilines is 1. The van der Waals surface area contributed by atoms with Crippen LogP contribution in [0.4, 0.5) is 10.1 Å². The number of halogens is 2. The van der Waals surface area contributed by atoms with E-state index >= 15 is 0 Å². The minimum absolute atomic E-state index is 0.0510. The molecule has 2 N–H and O–H groups in total. The van der Waals surface area contributed by atoms with Crippen molar-refractivity contribution >= 4 is 40.9 Å². The summed E-state index contributed by atoms with van der Waals surface area (Å²) >= 11 is 6.29. The second-order valence-electron chi connectivity index (χ2n) is 12.3. The number of amides is 4. The zero-order chi connectivity index (χ0) is 31.6. The molecule has 2 saturated heterocycles. The van der Waals surface area contributed by atoms with Gasteiger partial charge in [0.25, 0.3) is 11.8 Å². The van der Waals surface area contributed by atoms with Gasteiger partial charge in [-0.05, 0) is 73.2 Å². The minimum atomic E-state index is -1.53. The summed E-state index contributed by atoms with van der Waals surface area (Å²) in [7, 11) is 0. The normalized spacial score (nSPS) is 29.0. The molecule has 45 heavy (non-hydrogen) atoms. The molecule has 2 aliphatic carbocycles. The Morgan fingerprint density at radius 3 is 2.33 bits per heavy atom. The molecule has 0 aromatic heterocycles. The molecular weight excluding hydrogens is 597 g/mol. The van der Waals surface area contributed by atoms with Crippen molar-refractivity contribution in [3.63, 3.8) is 0 Å². The van der Waals surface area contributed by atoms with Gasteiger partial charge in [0.05, 0.1) is 28.9 Å². The van der Waals surface area contributed by atoms with E-state index in [9.17, 15) is 28.7 Å². The monoisotopic (exact) mass is 627 g/mol. The fourth-order valence-corrected chi connectivity index (χ4v) is 8.37. The Bertz CT molecular complexity index is 1760. The predicted octanol–water partition coefficient (Wildman–Crippen LogP) is 5.58. The third-order valence-corrected chi connectivity index (χ3v) is 10.3. The highest BCUT2D eigenvalue weighted by molar-refractivity contribution is 6.30. The molecule has 4 amide bonds. The van der Waals surface area contributed by atoms with Crippen LogP contribution in [0.5, 0.6) is 5.75 Å². The maximum atomic E-state index is 15.0. The maximum Gasteiger partial charge on any atom is 0.260 e. The van der Waals surface area contributed by atoms with E-state index in [1.165, 1.54) is 29.2 Å². The van der Waals surface area contributed by atoms with Crippen molar-refractivity contribution in [2.24, 2.45) is 23.7 Å². The van der Waals surface area contributed by atoms with Gasteiger partial charge < -0.3 is 5.11 Å². The number of benzene rings is 3. The summed E-state index contributed by atoms with van der Waals surface area (Å²) < 4.78 is 13.7. The van der Waals surface area contributed by atoms with Crippen LogP contribution < -0.4 is 5.43 Å². The number of aromatic hydroxyl groups is 1. The second kappa shape index (κ2) is 10.8. The first-order chi connectivity index (χ1) is 21.7. The molecule has 8 nitrogen and oxygen atoms in total. The third-order valence-electron chi connectivity index (χ3n) is 10.0. The number of carbonyl (C=O) groups excluding carboxylic acids is 4. The van der Waals surface area contributed by atoms with E-state index in [4.69, 9.17) is 11.6 Å². The SMILES string of the molecule is CCCN1C(=O)[C@H]2[C@H](CC=C3[C@H]2C[C@H]2C(=O)N(Nc4ccc(F)cc4)C(=O)[C@@]2(c2ccc(Cl)cc2)[C@H]3c2ccccc2O)C1=O. The Hall–Kier alpha value is -4.50. The van der Waals surface area contributed by atoms with Gasteiger partial charge in [0.1, 0.15) is 11.6 Å². The van der Waals surface area contributed by atoms with Gasteiger partial charge in [0.15, 0.2) is 0 Å². The topological polar surface area (TPSA) is 107 Å². The van der Waals surface area contributed by atoms with Crippen molar-refractivity contribution in [3.8, 4) is 5.75 Å². The number of nitrogens with one attached hydrogen (secondary N) is 1. The van der Waals surface area contributed by atoms with E-state index in [1.807, 2.05) is 13.0 Å². The van der Waals surface area contributed by atoms with Gasteiger partial charge in [0, 0.05) is 23.0 Å². The summed E-state index contributed by atoms with van der Waals surface area (Å²) in [5, 5.41) is 12.7. The van der Waals surface area contributed by atoms with Crippen LogP contribution in [0.3, 0.4) is 0 Å². The Morgan fingerprint density at radius 1 is 0.933 bits per heavy atom. The van der Waals surface area contributed by atoms with Gasteiger partial charge in [-0.1, -0.05) is 60.5 Å². The fourth-order valence-electron chi connectivity index (χ4n) is 8.24. The molecule has 0 spiro atoms. The van der Waals surface area contributed by atoms with Crippen LogP contribution in [0.15, 0.2) is 84.4 Å². The maximum absolute atomic E-state index is 15.0.